The number of benzene rings is 1. The van der Waals surface area contributed by atoms with Crippen molar-refractivity contribution in [1.82, 2.24) is 4.90 Å². The van der Waals surface area contributed by atoms with Gasteiger partial charge in [0.2, 0.25) is 0 Å². The molecule has 1 amide bonds. The summed E-state index contributed by atoms with van der Waals surface area (Å²) in [5.74, 6) is -1.43. The largest absolute Gasteiger partial charge is 0.481 e. The summed E-state index contributed by atoms with van der Waals surface area (Å²) in [6.45, 7) is 1.11. The Morgan fingerprint density at radius 2 is 2.10 bits per heavy atom. The molecule has 21 heavy (non-hydrogen) atoms. The van der Waals surface area contributed by atoms with E-state index in [4.69, 9.17) is 16.7 Å². The van der Waals surface area contributed by atoms with Gasteiger partial charge in [0.15, 0.2) is 0 Å². The van der Waals surface area contributed by atoms with Gasteiger partial charge in [0.1, 0.15) is 5.82 Å². The first-order valence-corrected chi connectivity index (χ1v) is 7.31. The first kappa shape index (κ1) is 15.8. The molecule has 1 aliphatic rings. The summed E-state index contributed by atoms with van der Waals surface area (Å²) >= 11 is 5.70. The first-order chi connectivity index (χ1) is 9.97. The summed E-state index contributed by atoms with van der Waals surface area (Å²) in [4.78, 5) is 24.8. The monoisotopic (exact) mass is 313 g/mol. The lowest BCUT2D eigenvalue weighted by Gasteiger charge is -2.20. The second-order valence-corrected chi connectivity index (χ2v) is 5.72. The molecule has 0 aromatic heterocycles. The van der Waals surface area contributed by atoms with Crippen LogP contribution in [0.2, 0.25) is 5.02 Å². The number of carbonyl (C=O) groups excluding carboxylic acids is 1. The van der Waals surface area contributed by atoms with Gasteiger partial charge in [-0.3, -0.25) is 9.59 Å². The SMILES string of the molecule is O=C(O)CC1CCCN(C(=O)c2ccc(F)c(Cl)c2)CC1. The van der Waals surface area contributed by atoms with E-state index in [2.05, 4.69) is 0 Å². The summed E-state index contributed by atoms with van der Waals surface area (Å²) in [5.41, 5.74) is 0.359. The lowest BCUT2D eigenvalue weighted by Crippen LogP contribution is -2.32. The van der Waals surface area contributed by atoms with Crippen LogP contribution in [-0.2, 0) is 4.79 Å². The van der Waals surface area contributed by atoms with Crippen molar-refractivity contribution in [2.45, 2.75) is 25.7 Å². The van der Waals surface area contributed by atoms with Crippen LogP contribution in [0.4, 0.5) is 4.39 Å². The fourth-order valence-electron chi connectivity index (χ4n) is 2.63. The van der Waals surface area contributed by atoms with Crippen LogP contribution in [0.25, 0.3) is 0 Å². The van der Waals surface area contributed by atoms with Crippen molar-refractivity contribution in [3.8, 4) is 0 Å². The standard InChI is InChI=1S/C15H17ClFNO3/c16-12-9-11(3-4-13(12)17)15(21)18-6-1-2-10(5-7-18)8-14(19)20/h3-4,9-10H,1-2,5-8H2,(H,19,20). The zero-order valence-electron chi connectivity index (χ0n) is 11.5. The van der Waals surface area contributed by atoms with Crippen LogP contribution < -0.4 is 0 Å². The highest BCUT2D eigenvalue weighted by atomic mass is 35.5. The van der Waals surface area contributed by atoms with Crippen LogP contribution in [0, 0.1) is 11.7 Å². The first-order valence-electron chi connectivity index (χ1n) is 6.93. The molecule has 2 rings (SSSR count). The minimum atomic E-state index is -0.801. The highest BCUT2D eigenvalue weighted by Gasteiger charge is 2.23. The Morgan fingerprint density at radius 1 is 1.33 bits per heavy atom. The van der Waals surface area contributed by atoms with Crippen LogP contribution in [0.5, 0.6) is 0 Å². The van der Waals surface area contributed by atoms with E-state index >= 15 is 0 Å². The molecule has 4 nitrogen and oxygen atoms in total. The Kier molecular flexibility index (Phi) is 5.17. The van der Waals surface area contributed by atoms with Crippen molar-refractivity contribution in [3.05, 3.63) is 34.6 Å². The summed E-state index contributed by atoms with van der Waals surface area (Å²) in [7, 11) is 0. The molecule has 1 aromatic carbocycles. The van der Waals surface area contributed by atoms with E-state index in [0.29, 0.717) is 25.1 Å². The van der Waals surface area contributed by atoms with Crippen LogP contribution in [0.15, 0.2) is 18.2 Å². The maximum atomic E-state index is 13.1. The molecule has 1 heterocycles. The fraction of sp³-hybridized carbons (Fsp3) is 0.467. The van der Waals surface area contributed by atoms with Crippen molar-refractivity contribution >= 4 is 23.5 Å². The summed E-state index contributed by atoms with van der Waals surface area (Å²) < 4.78 is 13.1. The lowest BCUT2D eigenvalue weighted by molar-refractivity contribution is -0.138. The second-order valence-electron chi connectivity index (χ2n) is 5.32. The molecule has 1 N–H and O–H groups in total. The van der Waals surface area contributed by atoms with Crippen LogP contribution >= 0.6 is 11.6 Å². The van der Waals surface area contributed by atoms with Gasteiger partial charge in [0.05, 0.1) is 5.02 Å². The van der Waals surface area contributed by atoms with Crippen LogP contribution in [0.3, 0.4) is 0 Å². The third-order valence-corrected chi connectivity index (χ3v) is 4.05. The second kappa shape index (κ2) is 6.89. The number of carboxylic acids is 1. The molecule has 1 aromatic rings. The van der Waals surface area contributed by atoms with Crippen molar-refractivity contribution < 1.29 is 19.1 Å². The highest BCUT2D eigenvalue weighted by Crippen LogP contribution is 2.23. The van der Waals surface area contributed by atoms with Gasteiger partial charge in [-0.05, 0) is 43.4 Å². The quantitative estimate of drug-likeness (QED) is 0.932. The zero-order valence-corrected chi connectivity index (χ0v) is 12.3. The van der Waals surface area contributed by atoms with E-state index in [9.17, 15) is 14.0 Å². The van der Waals surface area contributed by atoms with Gasteiger partial charge >= 0.3 is 5.97 Å². The summed E-state index contributed by atoms with van der Waals surface area (Å²) in [5, 5.41) is 8.77. The molecule has 1 atom stereocenters. The van der Waals surface area contributed by atoms with Gasteiger partial charge < -0.3 is 10.0 Å². The maximum absolute atomic E-state index is 13.1. The Hall–Kier alpha value is -1.62. The minimum absolute atomic E-state index is 0.0700. The fourth-order valence-corrected chi connectivity index (χ4v) is 2.81. The van der Waals surface area contributed by atoms with Gasteiger partial charge in [-0.25, -0.2) is 4.39 Å². The predicted octanol–water partition coefficient (Wildman–Crippen LogP) is 3.20. The average molecular weight is 314 g/mol. The van der Waals surface area contributed by atoms with E-state index in [1.54, 1.807) is 4.90 Å². The molecule has 1 aliphatic heterocycles. The Morgan fingerprint density at radius 3 is 2.76 bits per heavy atom. The van der Waals surface area contributed by atoms with Gasteiger partial charge in [-0.2, -0.15) is 0 Å². The third kappa shape index (κ3) is 4.17. The Balaban J connectivity index is 2.02. The lowest BCUT2D eigenvalue weighted by atomic mass is 9.97. The molecule has 0 aliphatic carbocycles. The van der Waals surface area contributed by atoms with Gasteiger partial charge in [-0.1, -0.05) is 11.6 Å². The molecule has 114 valence electrons. The van der Waals surface area contributed by atoms with Crippen molar-refractivity contribution in [1.29, 1.82) is 0 Å². The van der Waals surface area contributed by atoms with Crippen molar-refractivity contribution in [2.75, 3.05) is 13.1 Å². The van der Waals surface area contributed by atoms with Gasteiger partial charge in [0.25, 0.3) is 5.91 Å². The number of halogens is 2. The average Bonchev–Trinajstić information content (AvgIpc) is 2.66. The maximum Gasteiger partial charge on any atom is 0.303 e. The number of hydrogen-bond donors (Lipinski definition) is 1. The van der Waals surface area contributed by atoms with Crippen molar-refractivity contribution in [2.24, 2.45) is 5.92 Å². The number of likely N-dealkylation sites (tertiary alicyclic amines) is 1. The molecule has 6 heteroatoms. The number of rotatable bonds is 3. The Bertz CT molecular complexity index is 550. The zero-order chi connectivity index (χ0) is 15.4. The minimum Gasteiger partial charge on any atom is -0.481 e. The summed E-state index contributed by atoms with van der Waals surface area (Å²) in [6.07, 6.45) is 2.40. The molecular weight excluding hydrogens is 297 g/mol. The Labute approximate surface area is 127 Å². The molecule has 1 fully saturated rings. The molecule has 0 saturated carbocycles. The van der Waals surface area contributed by atoms with Crippen LogP contribution in [-0.4, -0.2) is 35.0 Å². The number of carboxylic acid groups (broad SMARTS) is 1. The predicted molar refractivity (Wildman–Crippen MR) is 76.9 cm³/mol. The van der Waals surface area contributed by atoms with Gasteiger partial charge in [0, 0.05) is 25.1 Å². The molecular formula is C15H17ClFNO3. The smallest absolute Gasteiger partial charge is 0.303 e. The number of nitrogens with zero attached hydrogens (tertiary/aromatic N) is 1. The number of carbonyl (C=O) groups is 2. The number of aliphatic carboxylic acids is 1. The van der Waals surface area contributed by atoms with E-state index in [-0.39, 0.29) is 23.3 Å². The van der Waals surface area contributed by atoms with E-state index in [0.717, 1.165) is 12.8 Å². The number of amides is 1. The molecule has 1 unspecified atom stereocenters. The van der Waals surface area contributed by atoms with Gasteiger partial charge in [-0.15, -0.1) is 0 Å². The number of hydrogen-bond acceptors (Lipinski definition) is 2. The van der Waals surface area contributed by atoms with Crippen LogP contribution in [0.1, 0.15) is 36.0 Å². The van der Waals surface area contributed by atoms with E-state index in [1.807, 2.05) is 0 Å². The van der Waals surface area contributed by atoms with E-state index < -0.39 is 11.8 Å². The third-order valence-electron chi connectivity index (χ3n) is 3.76. The molecule has 0 radical (unpaired) electrons. The molecule has 0 spiro atoms. The highest BCUT2D eigenvalue weighted by molar-refractivity contribution is 6.31. The molecule has 1 saturated heterocycles. The summed E-state index contributed by atoms with van der Waals surface area (Å²) in [6, 6.07) is 3.93. The molecule has 0 bridgehead atoms. The topological polar surface area (TPSA) is 57.6 Å². The van der Waals surface area contributed by atoms with Crippen molar-refractivity contribution in [3.63, 3.8) is 0 Å². The normalized spacial score (nSPS) is 19.1. The van der Waals surface area contributed by atoms with E-state index in [1.165, 1.54) is 18.2 Å².